The van der Waals surface area contributed by atoms with Crippen molar-refractivity contribution in [3.05, 3.63) is 65.7 Å². The van der Waals surface area contributed by atoms with Crippen molar-refractivity contribution >= 4 is 23.1 Å². The number of hydrazone groups is 1. The predicted octanol–water partition coefficient (Wildman–Crippen LogP) is 2.65. The van der Waals surface area contributed by atoms with Crippen LogP contribution in [0, 0.1) is 0 Å². The van der Waals surface area contributed by atoms with Crippen LogP contribution in [0.15, 0.2) is 59.7 Å². The number of carbonyl (C=O) groups excluding carboxylic acids is 2. The van der Waals surface area contributed by atoms with Crippen molar-refractivity contribution in [3.8, 4) is 0 Å². The Morgan fingerprint density at radius 2 is 1.68 bits per heavy atom. The average Bonchev–Trinajstić information content (AvgIpc) is 2.54. The average molecular weight is 295 g/mol. The monoisotopic (exact) mass is 295 g/mol. The Kier molecular flexibility index (Phi) is 5.03. The predicted molar refractivity (Wildman–Crippen MR) is 86.8 cm³/mol. The van der Waals surface area contributed by atoms with Crippen LogP contribution in [0.25, 0.3) is 0 Å². The van der Waals surface area contributed by atoms with Crippen LogP contribution in [0.4, 0.5) is 5.69 Å². The van der Waals surface area contributed by atoms with Gasteiger partial charge in [0, 0.05) is 17.0 Å². The van der Waals surface area contributed by atoms with Crippen LogP contribution in [-0.2, 0) is 0 Å². The standard InChI is InChI=1S/C17H17N3O2/c1-12(11-16(21)13-7-3-2-4-8-13)19-20-17(22)14-9-5-6-10-15(14)18/h2-10H,11,18H2,1H3,(H,20,22)/b19-12+. The quantitative estimate of drug-likeness (QED) is 0.385. The molecule has 0 heterocycles. The number of hydrogen-bond acceptors (Lipinski definition) is 4. The van der Waals surface area contributed by atoms with E-state index in [0.29, 0.717) is 22.5 Å². The Labute approximate surface area is 128 Å². The van der Waals surface area contributed by atoms with Crippen molar-refractivity contribution in [2.75, 3.05) is 5.73 Å². The number of para-hydroxylation sites is 1. The molecule has 0 aliphatic rings. The zero-order valence-corrected chi connectivity index (χ0v) is 12.2. The van der Waals surface area contributed by atoms with Gasteiger partial charge in [-0.1, -0.05) is 42.5 Å². The van der Waals surface area contributed by atoms with E-state index in [1.165, 1.54) is 0 Å². The molecule has 0 saturated heterocycles. The van der Waals surface area contributed by atoms with Crippen LogP contribution >= 0.6 is 0 Å². The number of ketones is 1. The normalized spacial score (nSPS) is 11.0. The molecule has 22 heavy (non-hydrogen) atoms. The van der Waals surface area contributed by atoms with Gasteiger partial charge in [-0.3, -0.25) is 9.59 Å². The lowest BCUT2D eigenvalue weighted by atomic mass is 10.1. The fourth-order valence-corrected chi connectivity index (χ4v) is 1.91. The second-order valence-electron chi connectivity index (χ2n) is 4.84. The second kappa shape index (κ2) is 7.17. The summed E-state index contributed by atoms with van der Waals surface area (Å²) in [4.78, 5) is 24.0. The number of hydrogen-bond donors (Lipinski definition) is 2. The van der Waals surface area contributed by atoms with E-state index >= 15 is 0 Å². The van der Waals surface area contributed by atoms with Gasteiger partial charge in [0.1, 0.15) is 0 Å². The Balaban J connectivity index is 1.97. The number of Topliss-reactive ketones (excluding diaryl/α,β-unsaturated/α-hetero) is 1. The number of amides is 1. The Hall–Kier alpha value is -2.95. The highest BCUT2D eigenvalue weighted by Crippen LogP contribution is 2.10. The Morgan fingerprint density at radius 1 is 1.05 bits per heavy atom. The molecule has 5 heteroatoms. The zero-order chi connectivity index (χ0) is 15.9. The zero-order valence-electron chi connectivity index (χ0n) is 12.2. The third-order valence-electron chi connectivity index (χ3n) is 3.07. The van der Waals surface area contributed by atoms with Gasteiger partial charge in [0.05, 0.1) is 12.0 Å². The maximum atomic E-state index is 12.0. The SMILES string of the molecule is C/C(CC(=O)c1ccccc1)=N\NC(=O)c1ccccc1N. The number of nitrogens with zero attached hydrogens (tertiary/aromatic N) is 1. The molecule has 0 aliphatic carbocycles. The topological polar surface area (TPSA) is 84.5 Å². The maximum Gasteiger partial charge on any atom is 0.273 e. The highest BCUT2D eigenvalue weighted by Gasteiger charge is 2.09. The van der Waals surface area contributed by atoms with E-state index in [2.05, 4.69) is 10.5 Å². The summed E-state index contributed by atoms with van der Waals surface area (Å²) in [6.45, 7) is 1.69. The van der Waals surface area contributed by atoms with E-state index < -0.39 is 5.91 Å². The number of nitrogen functional groups attached to an aromatic ring is 1. The number of rotatable bonds is 5. The van der Waals surface area contributed by atoms with Crippen molar-refractivity contribution < 1.29 is 9.59 Å². The summed E-state index contributed by atoms with van der Waals surface area (Å²) < 4.78 is 0. The molecule has 0 aliphatic heterocycles. The minimum absolute atomic E-state index is 0.0460. The molecule has 0 radical (unpaired) electrons. The summed E-state index contributed by atoms with van der Waals surface area (Å²) in [7, 11) is 0. The van der Waals surface area contributed by atoms with Crippen LogP contribution in [0.2, 0.25) is 0 Å². The van der Waals surface area contributed by atoms with Crippen molar-refractivity contribution in [2.24, 2.45) is 5.10 Å². The van der Waals surface area contributed by atoms with Crippen molar-refractivity contribution in [3.63, 3.8) is 0 Å². The van der Waals surface area contributed by atoms with Gasteiger partial charge in [0.2, 0.25) is 0 Å². The summed E-state index contributed by atoms with van der Waals surface area (Å²) in [6, 6.07) is 15.7. The maximum absolute atomic E-state index is 12.0. The lowest BCUT2D eigenvalue weighted by Crippen LogP contribution is -2.21. The fourth-order valence-electron chi connectivity index (χ4n) is 1.91. The molecule has 2 aromatic rings. The van der Waals surface area contributed by atoms with Crippen molar-refractivity contribution in [1.29, 1.82) is 0 Å². The molecule has 0 fully saturated rings. The number of benzene rings is 2. The largest absolute Gasteiger partial charge is 0.398 e. The first kappa shape index (κ1) is 15.4. The van der Waals surface area contributed by atoms with Gasteiger partial charge in [-0.2, -0.15) is 5.10 Å². The third-order valence-corrected chi connectivity index (χ3v) is 3.07. The molecule has 2 aromatic carbocycles. The first-order valence-corrected chi connectivity index (χ1v) is 6.84. The van der Waals surface area contributed by atoms with Gasteiger partial charge in [-0.05, 0) is 19.1 Å². The van der Waals surface area contributed by atoms with Crippen LogP contribution < -0.4 is 11.2 Å². The fraction of sp³-hybridized carbons (Fsp3) is 0.118. The summed E-state index contributed by atoms with van der Waals surface area (Å²) in [5.41, 5.74) is 10.0. The summed E-state index contributed by atoms with van der Waals surface area (Å²) in [5.74, 6) is -0.445. The molecule has 0 atom stereocenters. The first-order valence-electron chi connectivity index (χ1n) is 6.84. The highest BCUT2D eigenvalue weighted by molar-refractivity contribution is 6.09. The van der Waals surface area contributed by atoms with E-state index in [1.807, 2.05) is 6.07 Å². The van der Waals surface area contributed by atoms with Gasteiger partial charge >= 0.3 is 0 Å². The first-order chi connectivity index (χ1) is 10.6. The van der Waals surface area contributed by atoms with Gasteiger partial charge in [-0.15, -0.1) is 0 Å². The molecule has 2 rings (SSSR count). The van der Waals surface area contributed by atoms with E-state index in [1.54, 1.807) is 55.5 Å². The van der Waals surface area contributed by atoms with E-state index in [-0.39, 0.29) is 12.2 Å². The molecular formula is C17H17N3O2. The van der Waals surface area contributed by atoms with Gasteiger partial charge < -0.3 is 5.73 Å². The lowest BCUT2D eigenvalue weighted by Gasteiger charge is -2.05. The number of carbonyl (C=O) groups is 2. The molecule has 0 bridgehead atoms. The molecular weight excluding hydrogens is 278 g/mol. The molecule has 5 nitrogen and oxygen atoms in total. The second-order valence-corrected chi connectivity index (χ2v) is 4.84. The van der Waals surface area contributed by atoms with E-state index in [4.69, 9.17) is 5.73 Å². The molecule has 0 saturated carbocycles. The molecule has 0 unspecified atom stereocenters. The van der Waals surface area contributed by atoms with Gasteiger partial charge in [-0.25, -0.2) is 5.43 Å². The van der Waals surface area contributed by atoms with Crippen LogP contribution in [0.3, 0.4) is 0 Å². The minimum atomic E-state index is -0.399. The minimum Gasteiger partial charge on any atom is -0.398 e. The van der Waals surface area contributed by atoms with E-state index in [9.17, 15) is 9.59 Å². The number of nitrogens with one attached hydrogen (secondary N) is 1. The van der Waals surface area contributed by atoms with Crippen LogP contribution in [0.1, 0.15) is 34.1 Å². The Morgan fingerprint density at radius 3 is 2.36 bits per heavy atom. The van der Waals surface area contributed by atoms with Crippen LogP contribution in [-0.4, -0.2) is 17.4 Å². The van der Waals surface area contributed by atoms with Gasteiger partial charge in [0.25, 0.3) is 5.91 Å². The molecule has 0 aromatic heterocycles. The Bertz CT molecular complexity index is 709. The number of nitrogens with two attached hydrogens (primary N) is 1. The third kappa shape index (κ3) is 4.02. The lowest BCUT2D eigenvalue weighted by molar-refractivity contribution is 0.0951. The molecule has 0 spiro atoms. The van der Waals surface area contributed by atoms with E-state index in [0.717, 1.165) is 0 Å². The van der Waals surface area contributed by atoms with Crippen LogP contribution in [0.5, 0.6) is 0 Å². The summed E-state index contributed by atoms with van der Waals surface area (Å²) in [5, 5.41) is 3.95. The highest BCUT2D eigenvalue weighted by atomic mass is 16.2. The summed E-state index contributed by atoms with van der Waals surface area (Å²) >= 11 is 0. The molecule has 112 valence electrons. The summed E-state index contributed by atoms with van der Waals surface area (Å²) in [6.07, 6.45) is 0.147. The van der Waals surface area contributed by atoms with Crippen molar-refractivity contribution in [1.82, 2.24) is 5.43 Å². The molecule has 3 N–H and O–H groups in total. The van der Waals surface area contributed by atoms with Crippen molar-refractivity contribution in [2.45, 2.75) is 13.3 Å². The molecule has 1 amide bonds. The van der Waals surface area contributed by atoms with Gasteiger partial charge in [0.15, 0.2) is 5.78 Å². The number of anilines is 1. The smallest absolute Gasteiger partial charge is 0.273 e.